The third-order valence-electron chi connectivity index (χ3n) is 19.3. The lowest BCUT2D eigenvalue weighted by Crippen LogP contribution is -2.30. The Balaban J connectivity index is 5.15. The number of carbonyl (C=O) groups excluding carboxylic acids is 4. The van der Waals surface area contributed by atoms with Gasteiger partial charge in [0.2, 0.25) is 0 Å². The topological polar surface area (TPSA) is 237 Å². The van der Waals surface area contributed by atoms with Gasteiger partial charge >= 0.3 is 39.5 Å². The molecule has 0 spiro atoms. The summed E-state index contributed by atoms with van der Waals surface area (Å²) in [4.78, 5) is 72.8. The second-order valence-electron chi connectivity index (χ2n) is 29.9. The number of ether oxygens (including phenoxy) is 4. The van der Waals surface area contributed by atoms with Gasteiger partial charge in [-0.05, 0) is 37.5 Å². The Kier molecular flexibility index (Phi) is 71.2. The molecule has 0 aliphatic rings. The molecule has 3 N–H and O–H groups in total. The first kappa shape index (κ1) is 98.1. The zero-order chi connectivity index (χ0) is 73.5. The number of aliphatic hydroxyl groups excluding tert-OH is 1. The van der Waals surface area contributed by atoms with Crippen LogP contribution in [0, 0.1) is 11.8 Å². The van der Waals surface area contributed by atoms with Gasteiger partial charge in [0.1, 0.15) is 19.3 Å². The van der Waals surface area contributed by atoms with E-state index in [1.54, 1.807) is 0 Å². The molecule has 594 valence electrons. The van der Waals surface area contributed by atoms with Gasteiger partial charge in [0, 0.05) is 25.7 Å². The van der Waals surface area contributed by atoms with Crippen molar-refractivity contribution in [3.8, 4) is 0 Å². The minimum atomic E-state index is -4.96. The monoisotopic (exact) mass is 1470 g/mol. The Morgan fingerprint density at radius 3 is 0.760 bits per heavy atom. The van der Waals surface area contributed by atoms with Crippen molar-refractivity contribution in [2.24, 2.45) is 11.8 Å². The lowest BCUT2D eigenvalue weighted by Gasteiger charge is -2.21. The SMILES string of the molecule is CCCCCCCCCCCCCCC(=O)O[C@H](COC(=O)CCCCCCCCC)COP(=O)(O)OC[C@H](O)COP(=O)(O)OC[C@@H](COC(=O)CCCCCCCCCCCCCCCCCCC(C)C)OC(=O)CCCCCCCCCCCCCCCCCCCCC(C)CC. The fourth-order valence-corrected chi connectivity index (χ4v) is 14.1. The lowest BCUT2D eigenvalue weighted by atomic mass is 9.99. The molecule has 0 rings (SSSR count). The fourth-order valence-electron chi connectivity index (χ4n) is 12.5. The Labute approximate surface area is 613 Å². The predicted octanol–water partition coefficient (Wildman–Crippen LogP) is 24.3. The molecule has 0 aliphatic carbocycles. The van der Waals surface area contributed by atoms with E-state index in [1.165, 1.54) is 231 Å². The molecule has 0 amide bonds. The maximum Gasteiger partial charge on any atom is 0.472 e. The average Bonchev–Trinajstić information content (AvgIpc) is 0.950. The number of aliphatic hydroxyl groups is 1. The van der Waals surface area contributed by atoms with Gasteiger partial charge in [0.05, 0.1) is 26.4 Å². The molecule has 0 saturated carbocycles. The van der Waals surface area contributed by atoms with Crippen molar-refractivity contribution < 1.29 is 80.2 Å². The Morgan fingerprint density at radius 2 is 0.510 bits per heavy atom. The summed E-state index contributed by atoms with van der Waals surface area (Å²) in [6, 6.07) is 0. The summed E-state index contributed by atoms with van der Waals surface area (Å²) in [6.07, 6.45) is 62.6. The van der Waals surface area contributed by atoms with Gasteiger partial charge < -0.3 is 33.8 Å². The minimum Gasteiger partial charge on any atom is -0.462 e. The molecule has 6 atom stereocenters. The number of phosphoric ester groups is 2. The smallest absolute Gasteiger partial charge is 0.462 e. The molecule has 0 saturated heterocycles. The van der Waals surface area contributed by atoms with Crippen molar-refractivity contribution in [1.29, 1.82) is 0 Å². The van der Waals surface area contributed by atoms with Crippen LogP contribution in [0.2, 0.25) is 0 Å². The van der Waals surface area contributed by atoms with Crippen LogP contribution in [0.5, 0.6) is 0 Å². The van der Waals surface area contributed by atoms with Crippen LogP contribution in [0.25, 0.3) is 0 Å². The molecule has 0 aliphatic heterocycles. The number of rotatable bonds is 80. The van der Waals surface area contributed by atoms with E-state index in [0.29, 0.717) is 25.7 Å². The van der Waals surface area contributed by atoms with E-state index in [0.717, 1.165) is 115 Å². The van der Waals surface area contributed by atoms with E-state index in [9.17, 15) is 43.2 Å². The second-order valence-corrected chi connectivity index (χ2v) is 32.8. The highest BCUT2D eigenvalue weighted by atomic mass is 31.2. The molecule has 19 heteroatoms. The third kappa shape index (κ3) is 73.0. The zero-order valence-corrected chi connectivity index (χ0v) is 67.3. The normalized spacial score (nSPS) is 14.2. The van der Waals surface area contributed by atoms with Crippen LogP contribution in [0.15, 0.2) is 0 Å². The van der Waals surface area contributed by atoms with Crippen molar-refractivity contribution in [1.82, 2.24) is 0 Å². The first-order chi connectivity index (χ1) is 48.4. The number of esters is 4. The van der Waals surface area contributed by atoms with Crippen LogP contribution in [-0.4, -0.2) is 96.7 Å². The van der Waals surface area contributed by atoms with E-state index in [2.05, 4.69) is 41.5 Å². The Bertz CT molecular complexity index is 1930. The summed E-state index contributed by atoms with van der Waals surface area (Å²) < 4.78 is 68.6. The van der Waals surface area contributed by atoms with Crippen LogP contribution in [0.3, 0.4) is 0 Å². The highest BCUT2D eigenvalue weighted by Crippen LogP contribution is 2.45. The van der Waals surface area contributed by atoms with Crippen molar-refractivity contribution in [3.05, 3.63) is 0 Å². The van der Waals surface area contributed by atoms with Gasteiger partial charge in [0.15, 0.2) is 12.2 Å². The van der Waals surface area contributed by atoms with Crippen LogP contribution in [-0.2, 0) is 65.4 Å². The summed E-state index contributed by atoms with van der Waals surface area (Å²) in [5.74, 6) is -0.430. The van der Waals surface area contributed by atoms with Crippen LogP contribution in [0.1, 0.15) is 427 Å². The van der Waals surface area contributed by atoms with Gasteiger partial charge in [-0.3, -0.25) is 37.3 Å². The number of unbranched alkanes of at least 4 members (excludes halogenated alkanes) is 49. The molecular formula is C81H158O17P2. The maximum atomic E-state index is 13.1. The van der Waals surface area contributed by atoms with Gasteiger partial charge in [-0.2, -0.15) is 0 Å². The number of hydrogen-bond acceptors (Lipinski definition) is 15. The van der Waals surface area contributed by atoms with Crippen molar-refractivity contribution in [2.75, 3.05) is 39.6 Å². The first-order valence-corrected chi connectivity index (χ1v) is 45.0. The summed E-state index contributed by atoms with van der Waals surface area (Å²) in [5.41, 5.74) is 0. The Hall–Kier alpha value is -1.94. The molecule has 0 fully saturated rings. The lowest BCUT2D eigenvalue weighted by molar-refractivity contribution is -0.161. The number of phosphoric acid groups is 2. The van der Waals surface area contributed by atoms with E-state index >= 15 is 0 Å². The maximum absolute atomic E-state index is 13.1. The molecule has 0 aromatic rings. The zero-order valence-electron chi connectivity index (χ0n) is 65.5. The van der Waals surface area contributed by atoms with Crippen molar-refractivity contribution in [3.63, 3.8) is 0 Å². The summed E-state index contributed by atoms with van der Waals surface area (Å²) in [5, 5.41) is 10.6. The van der Waals surface area contributed by atoms with E-state index in [4.69, 9.17) is 37.0 Å². The molecule has 0 bridgehead atoms. The molecule has 0 radical (unpaired) electrons. The summed E-state index contributed by atoms with van der Waals surface area (Å²) >= 11 is 0. The first-order valence-electron chi connectivity index (χ1n) is 42.0. The predicted molar refractivity (Wildman–Crippen MR) is 409 cm³/mol. The van der Waals surface area contributed by atoms with E-state index < -0.39 is 97.5 Å². The average molecular weight is 1470 g/mol. The third-order valence-corrected chi connectivity index (χ3v) is 21.2. The molecule has 0 heterocycles. The van der Waals surface area contributed by atoms with Crippen LogP contribution in [0.4, 0.5) is 0 Å². The molecular weight excluding hydrogens is 1310 g/mol. The summed E-state index contributed by atoms with van der Waals surface area (Å²) in [7, 11) is -9.91. The van der Waals surface area contributed by atoms with Gasteiger partial charge in [-0.15, -0.1) is 0 Å². The largest absolute Gasteiger partial charge is 0.472 e. The highest BCUT2D eigenvalue weighted by molar-refractivity contribution is 7.47. The standard InChI is InChI=1S/C81H158O17P2/c1-7-10-12-14-16-17-18-35-41-47-53-59-65-80(85)97-76(69-91-78(83)63-57-51-43-15-13-11-8-2)71-95-99(87,88)93-67-75(82)68-94-100(89,90)96-72-77(70-92-79(84)64-58-52-46-40-36-31-27-24-23-25-29-33-38-44-49-55-61-73(4)5)98-81(86)66-60-54-48-42-37-32-28-22-20-19-21-26-30-34-39-45-50-56-62-74(6)9-3/h73-77,82H,7-72H2,1-6H3,(H,87,88)(H,89,90)/t74?,75-,76+,77+/m0/s1. The minimum absolute atomic E-state index is 0.107. The second kappa shape index (κ2) is 72.6. The van der Waals surface area contributed by atoms with E-state index in [-0.39, 0.29) is 25.7 Å². The van der Waals surface area contributed by atoms with Crippen molar-refractivity contribution >= 4 is 39.5 Å². The molecule has 3 unspecified atom stereocenters. The Morgan fingerprint density at radius 1 is 0.290 bits per heavy atom. The molecule has 0 aromatic heterocycles. The highest BCUT2D eigenvalue weighted by Gasteiger charge is 2.30. The fraction of sp³-hybridized carbons (Fsp3) is 0.951. The summed E-state index contributed by atoms with van der Waals surface area (Å²) in [6.45, 7) is 9.69. The van der Waals surface area contributed by atoms with Crippen LogP contribution >= 0.6 is 15.6 Å². The van der Waals surface area contributed by atoms with E-state index in [1.807, 2.05) is 0 Å². The quantitative estimate of drug-likeness (QED) is 0.0222. The van der Waals surface area contributed by atoms with Gasteiger partial charge in [-0.25, -0.2) is 9.13 Å². The molecule has 0 aromatic carbocycles. The van der Waals surface area contributed by atoms with Gasteiger partial charge in [-0.1, -0.05) is 375 Å². The molecule has 100 heavy (non-hydrogen) atoms. The van der Waals surface area contributed by atoms with Crippen LogP contribution < -0.4 is 0 Å². The molecule has 17 nitrogen and oxygen atoms in total. The number of carbonyl (C=O) groups is 4. The number of hydrogen-bond donors (Lipinski definition) is 3. The van der Waals surface area contributed by atoms with Crippen molar-refractivity contribution in [2.45, 2.75) is 445 Å². The van der Waals surface area contributed by atoms with Gasteiger partial charge in [0.25, 0.3) is 0 Å².